The van der Waals surface area contributed by atoms with Crippen LogP contribution in [0.15, 0.2) is 12.3 Å². The van der Waals surface area contributed by atoms with Crippen LogP contribution in [-0.4, -0.2) is 28.5 Å². The first-order chi connectivity index (χ1) is 9.46. The first kappa shape index (κ1) is 15.4. The Labute approximate surface area is 117 Å². The predicted molar refractivity (Wildman–Crippen MR) is 71.3 cm³/mol. The summed E-state index contributed by atoms with van der Waals surface area (Å²) in [6.07, 6.45) is 1.31. The highest BCUT2D eigenvalue weighted by molar-refractivity contribution is 5.00. The van der Waals surface area contributed by atoms with Crippen molar-refractivity contribution in [2.45, 2.75) is 50.7 Å². The maximum atomic E-state index is 12.6. The summed E-state index contributed by atoms with van der Waals surface area (Å²) in [5, 5.41) is 7.40. The number of rotatable bonds is 5. The Kier molecular flexibility index (Phi) is 5.07. The monoisotopic (exact) mass is 289 g/mol. The fraction of sp³-hybridized carbons (Fsp3) is 0.786. The molecule has 1 saturated carbocycles. The van der Waals surface area contributed by atoms with Gasteiger partial charge in [0.05, 0.1) is 0 Å². The van der Waals surface area contributed by atoms with E-state index in [1.807, 2.05) is 13.1 Å². The average molecular weight is 289 g/mol. The highest BCUT2D eigenvalue weighted by Gasteiger charge is 2.36. The Balaban J connectivity index is 1.81. The largest absolute Gasteiger partial charge is 0.389 e. The second kappa shape index (κ2) is 6.61. The van der Waals surface area contributed by atoms with Crippen molar-refractivity contribution < 1.29 is 13.2 Å². The molecule has 0 aromatic carbocycles. The van der Waals surface area contributed by atoms with Gasteiger partial charge in [-0.25, -0.2) is 0 Å². The Hall–Kier alpha value is -1.04. The van der Waals surface area contributed by atoms with Crippen LogP contribution in [0.5, 0.6) is 0 Å². The number of hydrogen-bond donors (Lipinski definition) is 1. The van der Waals surface area contributed by atoms with Gasteiger partial charge in [-0.1, -0.05) is 12.8 Å². The second-order valence-corrected chi connectivity index (χ2v) is 5.62. The first-order valence-corrected chi connectivity index (χ1v) is 7.23. The lowest BCUT2D eigenvalue weighted by Crippen LogP contribution is -2.41. The number of aromatic nitrogens is 2. The van der Waals surface area contributed by atoms with Gasteiger partial charge in [0.2, 0.25) is 0 Å². The Bertz CT molecular complexity index is 414. The second-order valence-electron chi connectivity index (χ2n) is 5.62. The van der Waals surface area contributed by atoms with Crippen molar-refractivity contribution in [3.8, 4) is 0 Å². The summed E-state index contributed by atoms with van der Waals surface area (Å²) >= 11 is 0. The van der Waals surface area contributed by atoms with Gasteiger partial charge in [-0.3, -0.25) is 4.68 Å². The van der Waals surface area contributed by atoms with Gasteiger partial charge < -0.3 is 5.32 Å². The zero-order chi connectivity index (χ0) is 14.6. The van der Waals surface area contributed by atoms with Crippen molar-refractivity contribution in [3.05, 3.63) is 18.0 Å². The van der Waals surface area contributed by atoms with E-state index in [1.54, 1.807) is 10.9 Å². The third-order valence-electron chi connectivity index (χ3n) is 4.11. The molecule has 1 heterocycles. The molecule has 0 saturated heterocycles. The Morgan fingerprint density at radius 3 is 2.75 bits per heavy atom. The van der Waals surface area contributed by atoms with E-state index in [9.17, 15) is 13.2 Å². The van der Waals surface area contributed by atoms with Crippen LogP contribution in [0.25, 0.3) is 0 Å². The molecule has 0 spiro atoms. The lowest BCUT2D eigenvalue weighted by Gasteiger charge is -2.33. The Morgan fingerprint density at radius 1 is 1.35 bits per heavy atom. The SMILES string of the molecule is Cn1nccc1CCN[C@H]1CCCC[C@H]1CC(F)(F)F. The van der Waals surface area contributed by atoms with Crippen LogP contribution in [0.1, 0.15) is 37.8 Å². The van der Waals surface area contributed by atoms with E-state index >= 15 is 0 Å². The molecule has 1 fully saturated rings. The zero-order valence-corrected chi connectivity index (χ0v) is 11.8. The molecule has 0 amide bonds. The van der Waals surface area contributed by atoms with E-state index in [4.69, 9.17) is 0 Å². The molecule has 1 N–H and O–H groups in total. The van der Waals surface area contributed by atoms with Gasteiger partial charge in [-0.05, 0) is 24.8 Å². The van der Waals surface area contributed by atoms with E-state index in [1.165, 1.54) is 0 Å². The third-order valence-corrected chi connectivity index (χ3v) is 4.11. The molecule has 1 aromatic heterocycles. The summed E-state index contributed by atoms with van der Waals surface area (Å²) in [6, 6.07) is 1.94. The smallest absolute Gasteiger partial charge is 0.313 e. The highest BCUT2D eigenvalue weighted by atomic mass is 19.4. The summed E-state index contributed by atoms with van der Waals surface area (Å²) in [6.45, 7) is 0.707. The van der Waals surface area contributed by atoms with Crippen LogP contribution in [0.4, 0.5) is 13.2 Å². The number of aryl methyl sites for hydroxylation is 1. The van der Waals surface area contributed by atoms with Crippen molar-refractivity contribution in [2.24, 2.45) is 13.0 Å². The van der Waals surface area contributed by atoms with Gasteiger partial charge in [0, 0.05) is 44.4 Å². The van der Waals surface area contributed by atoms with Gasteiger partial charge in [-0.2, -0.15) is 18.3 Å². The van der Waals surface area contributed by atoms with Crippen LogP contribution in [-0.2, 0) is 13.5 Å². The summed E-state index contributed by atoms with van der Waals surface area (Å²) in [7, 11) is 1.88. The minimum atomic E-state index is -4.05. The van der Waals surface area contributed by atoms with Crippen molar-refractivity contribution >= 4 is 0 Å². The van der Waals surface area contributed by atoms with Gasteiger partial charge in [0.15, 0.2) is 0 Å². The number of halogens is 3. The standard InChI is InChI=1S/C14H22F3N3/c1-20-12(7-9-19-20)6-8-18-13-5-3-2-4-11(13)10-14(15,16)17/h7,9,11,13,18H,2-6,8,10H2,1H3/t11-,13-/m0/s1. The molecular formula is C14H22F3N3. The van der Waals surface area contributed by atoms with E-state index in [0.717, 1.165) is 31.4 Å². The maximum Gasteiger partial charge on any atom is 0.389 e. The number of nitrogens with zero attached hydrogens (tertiary/aromatic N) is 2. The average Bonchev–Trinajstić information content (AvgIpc) is 2.75. The molecule has 0 radical (unpaired) electrons. The normalized spacial score (nSPS) is 24.0. The predicted octanol–water partition coefficient (Wildman–Crippen LogP) is 3.06. The Morgan fingerprint density at radius 2 is 2.10 bits per heavy atom. The van der Waals surface area contributed by atoms with Crippen molar-refractivity contribution in [1.82, 2.24) is 15.1 Å². The lowest BCUT2D eigenvalue weighted by atomic mass is 9.82. The third kappa shape index (κ3) is 4.51. The van der Waals surface area contributed by atoms with Crippen LogP contribution >= 0.6 is 0 Å². The quantitative estimate of drug-likeness (QED) is 0.903. The van der Waals surface area contributed by atoms with Gasteiger partial charge in [0.25, 0.3) is 0 Å². The minimum absolute atomic E-state index is 0.00129. The molecule has 0 bridgehead atoms. The molecule has 0 unspecified atom stereocenters. The summed E-state index contributed by atoms with van der Waals surface area (Å²) < 4.78 is 39.5. The van der Waals surface area contributed by atoms with Crippen LogP contribution in [0.2, 0.25) is 0 Å². The maximum absolute atomic E-state index is 12.6. The molecule has 114 valence electrons. The van der Waals surface area contributed by atoms with Crippen molar-refractivity contribution in [1.29, 1.82) is 0 Å². The molecule has 20 heavy (non-hydrogen) atoms. The summed E-state index contributed by atoms with van der Waals surface area (Å²) in [5.74, 6) is -0.268. The fourth-order valence-corrected chi connectivity index (χ4v) is 3.05. The van der Waals surface area contributed by atoms with Crippen LogP contribution < -0.4 is 5.32 Å². The molecule has 1 aliphatic rings. The molecule has 2 rings (SSSR count). The molecular weight excluding hydrogens is 267 g/mol. The number of hydrogen-bond acceptors (Lipinski definition) is 2. The molecule has 1 aromatic rings. The number of nitrogens with one attached hydrogen (secondary N) is 1. The first-order valence-electron chi connectivity index (χ1n) is 7.23. The lowest BCUT2D eigenvalue weighted by molar-refractivity contribution is -0.148. The van der Waals surface area contributed by atoms with Crippen molar-refractivity contribution in [2.75, 3.05) is 6.54 Å². The minimum Gasteiger partial charge on any atom is -0.313 e. The molecule has 1 aliphatic carbocycles. The highest BCUT2D eigenvalue weighted by Crippen LogP contribution is 2.34. The van der Waals surface area contributed by atoms with Gasteiger partial charge >= 0.3 is 6.18 Å². The van der Waals surface area contributed by atoms with E-state index < -0.39 is 12.6 Å². The van der Waals surface area contributed by atoms with Crippen molar-refractivity contribution in [3.63, 3.8) is 0 Å². The molecule has 6 heteroatoms. The van der Waals surface area contributed by atoms with E-state index in [2.05, 4.69) is 10.4 Å². The van der Waals surface area contributed by atoms with Crippen LogP contribution in [0.3, 0.4) is 0 Å². The number of alkyl halides is 3. The topological polar surface area (TPSA) is 29.9 Å². The van der Waals surface area contributed by atoms with Gasteiger partial charge in [0.1, 0.15) is 0 Å². The molecule has 3 nitrogen and oxygen atoms in total. The zero-order valence-electron chi connectivity index (χ0n) is 11.8. The van der Waals surface area contributed by atoms with E-state index in [-0.39, 0.29) is 12.0 Å². The molecule has 2 atom stereocenters. The fourth-order valence-electron chi connectivity index (χ4n) is 3.05. The van der Waals surface area contributed by atoms with Gasteiger partial charge in [-0.15, -0.1) is 0 Å². The van der Waals surface area contributed by atoms with Crippen LogP contribution in [0, 0.1) is 5.92 Å². The summed E-state index contributed by atoms with van der Waals surface area (Å²) in [5.41, 5.74) is 1.10. The summed E-state index contributed by atoms with van der Waals surface area (Å²) in [4.78, 5) is 0. The molecule has 0 aliphatic heterocycles. The van der Waals surface area contributed by atoms with E-state index in [0.29, 0.717) is 13.0 Å².